The lowest BCUT2D eigenvalue weighted by Gasteiger charge is -2.30. The molecule has 1 aromatic carbocycles. The van der Waals surface area contributed by atoms with Crippen LogP contribution in [0.5, 0.6) is 0 Å². The number of likely N-dealkylation sites (tertiary alicyclic amines) is 1. The van der Waals surface area contributed by atoms with Crippen molar-refractivity contribution >= 4 is 21.8 Å². The Bertz CT molecular complexity index is 962. The van der Waals surface area contributed by atoms with Gasteiger partial charge in [-0.2, -0.15) is 4.98 Å². The van der Waals surface area contributed by atoms with E-state index in [0.29, 0.717) is 31.3 Å². The van der Waals surface area contributed by atoms with E-state index < -0.39 is 0 Å². The molecule has 3 heterocycles. The van der Waals surface area contributed by atoms with Gasteiger partial charge in [-0.05, 0) is 43.1 Å². The predicted octanol–water partition coefficient (Wildman–Crippen LogP) is 3.42. The summed E-state index contributed by atoms with van der Waals surface area (Å²) in [5.74, 6) is 1.19. The molecule has 3 aromatic rings. The topological polar surface area (TPSA) is 84.2 Å². The zero-order chi connectivity index (χ0) is 20.1. The third kappa shape index (κ3) is 5.27. The summed E-state index contributed by atoms with van der Waals surface area (Å²) >= 11 is 3.46. The second kappa shape index (κ2) is 9.28. The van der Waals surface area contributed by atoms with E-state index in [0.717, 1.165) is 35.0 Å². The summed E-state index contributed by atoms with van der Waals surface area (Å²) in [6.45, 7) is 2.66. The molecule has 150 valence electrons. The minimum absolute atomic E-state index is 0.0344. The number of hydrogen-bond acceptors (Lipinski definition) is 6. The normalized spacial score (nSPS) is 17.2. The van der Waals surface area contributed by atoms with Crippen molar-refractivity contribution in [1.82, 2.24) is 25.3 Å². The molecule has 0 bridgehead atoms. The van der Waals surface area contributed by atoms with Gasteiger partial charge in [0.15, 0.2) is 0 Å². The number of benzene rings is 1. The van der Waals surface area contributed by atoms with Crippen molar-refractivity contribution in [1.29, 1.82) is 0 Å². The van der Waals surface area contributed by atoms with Crippen LogP contribution in [0, 0.1) is 5.92 Å². The third-order valence-electron chi connectivity index (χ3n) is 4.98. The summed E-state index contributed by atoms with van der Waals surface area (Å²) in [6.07, 6.45) is 5.36. The van der Waals surface area contributed by atoms with Crippen molar-refractivity contribution in [2.45, 2.75) is 25.9 Å². The lowest BCUT2D eigenvalue weighted by Crippen LogP contribution is -2.42. The number of rotatable bonds is 6. The van der Waals surface area contributed by atoms with E-state index in [-0.39, 0.29) is 11.8 Å². The molecule has 2 aromatic heterocycles. The summed E-state index contributed by atoms with van der Waals surface area (Å²) < 4.78 is 6.41. The van der Waals surface area contributed by atoms with Gasteiger partial charge in [0.2, 0.25) is 17.6 Å². The van der Waals surface area contributed by atoms with E-state index in [4.69, 9.17) is 4.52 Å². The monoisotopic (exact) mass is 455 g/mol. The number of carbonyl (C=O) groups is 1. The number of amides is 1. The Morgan fingerprint density at radius 1 is 1.31 bits per heavy atom. The van der Waals surface area contributed by atoms with Crippen molar-refractivity contribution in [2.75, 3.05) is 13.1 Å². The molecule has 0 aliphatic carbocycles. The number of halogens is 1. The number of nitrogens with zero attached hydrogens (tertiary/aromatic N) is 4. The van der Waals surface area contributed by atoms with Crippen LogP contribution in [0.25, 0.3) is 11.4 Å². The quantitative estimate of drug-likeness (QED) is 0.612. The SMILES string of the molecule is O=C(NCc1cccnc1)C1CCCN(Cc2nc(-c3cccc(Br)c3)no2)C1. The maximum atomic E-state index is 12.6. The minimum atomic E-state index is -0.0344. The van der Waals surface area contributed by atoms with E-state index in [1.807, 2.05) is 36.4 Å². The van der Waals surface area contributed by atoms with Gasteiger partial charge in [0.05, 0.1) is 12.5 Å². The van der Waals surface area contributed by atoms with Crippen LogP contribution in [-0.4, -0.2) is 39.0 Å². The predicted molar refractivity (Wildman–Crippen MR) is 112 cm³/mol. The highest BCUT2D eigenvalue weighted by Crippen LogP contribution is 2.22. The molecule has 1 aliphatic rings. The van der Waals surface area contributed by atoms with Crippen molar-refractivity contribution in [2.24, 2.45) is 5.92 Å². The number of hydrogen-bond donors (Lipinski definition) is 1. The Balaban J connectivity index is 1.32. The van der Waals surface area contributed by atoms with Crippen molar-refractivity contribution < 1.29 is 9.32 Å². The first-order chi connectivity index (χ1) is 14.2. The first-order valence-corrected chi connectivity index (χ1v) is 10.4. The highest BCUT2D eigenvalue weighted by Gasteiger charge is 2.26. The molecule has 0 radical (unpaired) electrons. The Labute approximate surface area is 177 Å². The fraction of sp³-hybridized carbons (Fsp3) is 0.333. The zero-order valence-electron chi connectivity index (χ0n) is 15.9. The molecule has 1 aliphatic heterocycles. The van der Waals surface area contributed by atoms with Crippen molar-refractivity contribution in [3.05, 3.63) is 64.7 Å². The Morgan fingerprint density at radius 3 is 3.07 bits per heavy atom. The van der Waals surface area contributed by atoms with Gasteiger partial charge in [-0.3, -0.25) is 14.7 Å². The zero-order valence-corrected chi connectivity index (χ0v) is 17.5. The molecule has 0 saturated carbocycles. The van der Waals surface area contributed by atoms with Crippen LogP contribution in [0.3, 0.4) is 0 Å². The van der Waals surface area contributed by atoms with E-state index >= 15 is 0 Å². The average molecular weight is 456 g/mol. The second-order valence-electron chi connectivity index (χ2n) is 7.18. The summed E-state index contributed by atoms with van der Waals surface area (Å²) in [6, 6.07) is 11.6. The minimum Gasteiger partial charge on any atom is -0.352 e. The van der Waals surface area contributed by atoms with Crippen LogP contribution < -0.4 is 5.32 Å². The molecular formula is C21H22BrN5O2. The molecular weight excluding hydrogens is 434 g/mol. The van der Waals surface area contributed by atoms with Gasteiger partial charge in [0.1, 0.15) is 0 Å². The third-order valence-corrected chi connectivity index (χ3v) is 5.47. The second-order valence-corrected chi connectivity index (χ2v) is 8.09. The lowest BCUT2D eigenvalue weighted by molar-refractivity contribution is -0.127. The maximum Gasteiger partial charge on any atom is 0.241 e. The molecule has 7 nitrogen and oxygen atoms in total. The van der Waals surface area contributed by atoms with E-state index in [1.54, 1.807) is 12.4 Å². The van der Waals surface area contributed by atoms with Gasteiger partial charge >= 0.3 is 0 Å². The van der Waals surface area contributed by atoms with Gasteiger partial charge in [-0.15, -0.1) is 0 Å². The van der Waals surface area contributed by atoms with E-state index in [9.17, 15) is 4.79 Å². The van der Waals surface area contributed by atoms with E-state index in [1.165, 1.54) is 0 Å². The van der Waals surface area contributed by atoms with Crippen LogP contribution in [-0.2, 0) is 17.9 Å². The van der Waals surface area contributed by atoms with Crippen LogP contribution in [0.2, 0.25) is 0 Å². The fourth-order valence-electron chi connectivity index (χ4n) is 3.50. The highest BCUT2D eigenvalue weighted by atomic mass is 79.9. The maximum absolute atomic E-state index is 12.6. The fourth-order valence-corrected chi connectivity index (χ4v) is 3.90. The summed E-state index contributed by atoms with van der Waals surface area (Å²) in [7, 11) is 0. The number of carbonyl (C=O) groups excluding carboxylic acids is 1. The highest BCUT2D eigenvalue weighted by molar-refractivity contribution is 9.10. The molecule has 1 saturated heterocycles. The molecule has 1 N–H and O–H groups in total. The number of pyridine rings is 1. The van der Waals surface area contributed by atoms with Crippen LogP contribution in [0.1, 0.15) is 24.3 Å². The van der Waals surface area contributed by atoms with Crippen molar-refractivity contribution in [3.63, 3.8) is 0 Å². The molecule has 0 spiro atoms. The van der Waals surface area contributed by atoms with Gasteiger partial charge in [0.25, 0.3) is 0 Å². The van der Waals surface area contributed by atoms with Crippen LogP contribution in [0.4, 0.5) is 0 Å². The largest absolute Gasteiger partial charge is 0.352 e. The lowest BCUT2D eigenvalue weighted by atomic mass is 9.97. The van der Waals surface area contributed by atoms with Crippen LogP contribution in [0.15, 0.2) is 57.8 Å². The Hall–Kier alpha value is -2.58. The number of nitrogens with one attached hydrogen (secondary N) is 1. The van der Waals surface area contributed by atoms with Gasteiger partial charge < -0.3 is 9.84 Å². The Morgan fingerprint density at radius 2 is 2.24 bits per heavy atom. The van der Waals surface area contributed by atoms with Crippen molar-refractivity contribution in [3.8, 4) is 11.4 Å². The van der Waals surface area contributed by atoms with Gasteiger partial charge in [0, 0.05) is 35.5 Å². The average Bonchev–Trinajstić information content (AvgIpc) is 3.21. The summed E-state index contributed by atoms with van der Waals surface area (Å²) in [5.41, 5.74) is 1.90. The molecule has 1 unspecified atom stereocenters. The summed E-state index contributed by atoms with van der Waals surface area (Å²) in [4.78, 5) is 23.4. The van der Waals surface area contributed by atoms with Gasteiger partial charge in [-0.25, -0.2) is 0 Å². The molecule has 1 fully saturated rings. The Kier molecular flexibility index (Phi) is 6.31. The van der Waals surface area contributed by atoms with E-state index in [2.05, 4.69) is 41.3 Å². The number of piperidine rings is 1. The molecule has 1 atom stereocenters. The molecule has 4 rings (SSSR count). The standard InChI is InChI=1S/C21H22BrN5O2/c22-18-7-1-5-16(10-18)20-25-19(29-26-20)14-27-9-3-6-17(13-27)21(28)24-12-15-4-2-8-23-11-15/h1-2,4-5,7-8,10-11,17H,3,6,9,12-14H2,(H,24,28). The first-order valence-electron chi connectivity index (χ1n) is 9.65. The molecule has 1 amide bonds. The summed E-state index contributed by atoms with van der Waals surface area (Å²) in [5, 5.41) is 7.11. The number of aromatic nitrogens is 3. The molecule has 29 heavy (non-hydrogen) atoms. The molecule has 8 heteroatoms. The van der Waals surface area contributed by atoms with Gasteiger partial charge in [-0.1, -0.05) is 39.3 Å². The first kappa shape index (κ1) is 19.7. The smallest absolute Gasteiger partial charge is 0.241 e. The van der Waals surface area contributed by atoms with Crippen LogP contribution >= 0.6 is 15.9 Å².